The zero-order chi connectivity index (χ0) is 10.9. The van der Waals surface area contributed by atoms with E-state index in [2.05, 4.69) is 24.5 Å². The molecular weight excluding hydrogens is 188 g/mol. The number of carbonyl (C=O) groups is 1. The molecule has 1 atom stereocenters. The number of amides is 1. The first-order chi connectivity index (χ1) is 7.09. The molecule has 2 saturated carbocycles. The van der Waals surface area contributed by atoms with Crippen molar-refractivity contribution in [3.63, 3.8) is 0 Å². The fourth-order valence-corrected chi connectivity index (χ4v) is 1.93. The molecule has 1 unspecified atom stereocenters. The Kier molecular flexibility index (Phi) is 3.01. The van der Waals surface area contributed by atoms with E-state index in [1.54, 1.807) is 0 Å². The molecule has 0 aromatic heterocycles. The van der Waals surface area contributed by atoms with Crippen molar-refractivity contribution in [1.82, 2.24) is 10.6 Å². The highest BCUT2D eigenvalue weighted by Crippen LogP contribution is 2.51. The summed E-state index contributed by atoms with van der Waals surface area (Å²) < 4.78 is 0. The van der Waals surface area contributed by atoms with E-state index in [0.29, 0.717) is 0 Å². The Labute approximate surface area is 92.0 Å². The summed E-state index contributed by atoms with van der Waals surface area (Å²) in [6, 6.07) is 0.781. The van der Waals surface area contributed by atoms with Crippen LogP contribution in [-0.4, -0.2) is 25.0 Å². The van der Waals surface area contributed by atoms with Crippen molar-refractivity contribution in [3.05, 3.63) is 0 Å². The van der Waals surface area contributed by atoms with Crippen LogP contribution in [0.3, 0.4) is 0 Å². The Morgan fingerprint density at radius 2 is 2.00 bits per heavy atom. The van der Waals surface area contributed by atoms with E-state index in [0.717, 1.165) is 32.0 Å². The van der Waals surface area contributed by atoms with E-state index < -0.39 is 0 Å². The van der Waals surface area contributed by atoms with Crippen molar-refractivity contribution in [1.29, 1.82) is 0 Å². The lowest BCUT2D eigenvalue weighted by Gasteiger charge is -2.06. The predicted molar refractivity (Wildman–Crippen MR) is 60.5 cm³/mol. The molecule has 2 fully saturated rings. The van der Waals surface area contributed by atoms with Crippen molar-refractivity contribution >= 4 is 5.91 Å². The molecule has 3 nitrogen and oxygen atoms in total. The highest BCUT2D eigenvalue weighted by Gasteiger charge is 2.50. The molecule has 86 valence electrons. The Morgan fingerprint density at radius 3 is 2.53 bits per heavy atom. The number of nitrogens with one attached hydrogen (secondary N) is 2. The third kappa shape index (κ3) is 3.20. The summed E-state index contributed by atoms with van der Waals surface area (Å²) in [4.78, 5) is 11.6. The molecule has 3 heteroatoms. The van der Waals surface area contributed by atoms with E-state index in [4.69, 9.17) is 0 Å². The van der Waals surface area contributed by atoms with Crippen LogP contribution >= 0.6 is 0 Å². The first kappa shape index (κ1) is 10.9. The highest BCUT2D eigenvalue weighted by atomic mass is 16.2. The molecule has 0 spiro atoms. The average Bonchev–Trinajstić information content (AvgIpc) is 3.03. The second-order valence-corrected chi connectivity index (χ2v) is 5.62. The number of rotatable bonds is 6. The summed E-state index contributed by atoms with van der Waals surface area (Å²) in [5.74, 6) is 0.528. The summed E-state index contributed by atoms with van der Waals surface area (Å²) in [7, 11) is 0. The maximum Gasteiger partial charge on any atom is 0.223 e. The van der Waals surface area contributed by atoms with Crippen LogP contribution in [0, 0.1) is 11.3 Å². The fraction of sp³-hybridized carbons (Fsp3) is 0.917. The minimum Gasteiger partial charge on any atom is -0.356 e. The number of carbonyl (C=O) groups excluding carboxylic acids is 1. The third-order valence-electron chi connectivity index (χ3n) is 3.49. The van der Waals surface area contributed by atoms with Crippen LogP contribution < -0.4 is 10.6 Å². The fourth-order valence-electron chi connectivity index (χ4n) is 1.93. The average molecular weight is 210 g/mol. The molecule has 2 aliphatic carbocycles. The van der Waals surface area contributed by atoms with Gasteiger partial charge in [-0.1, -0.05) is 13.8 Å². The van der Waals surface area contributed by atoms with Gasteiger partial charge in [-0.25, -0.2) is 0 Å². The Hall–Kier alpha value is -0.570. The minimum atomic E-state index is 0.256. The summed E-state index contributed by atoms with van der Waals surface area (Å²) in [5, 5.41) is 6.46. The van der Waals surface area contributed by atoms with Gasteiger partial charge in [-0.15, -0.1) is 0 Å². The second-order valence-electron chi connectivity index (χ2n) is 5.62. The molecule has 0 aliphatic heterocycles. The Bertz CT molecular complexity index is 246. The summed E-state index contributed by atoms with van der Waals surface area (Å²) in [6.45, 7) is 6.18. The first-order valence-electron chi connectivity index (χ1n) is 6.11. The smallest absolute Gasteiger partial charge is 0.223 e. The largest absolute Gasteiger partial charge is 0.356 e. The number of hydrogen-bond acceptors (Lipinski definition) is 2. The molecule has 0 bridgehead atoms. The maximum absolute atomic E-state index is 11.6. The van der Waals surface area contributed by atoms with Gasteiger partial charge in [0.05, 0.1) is 0 Å². The monoisotopic (exact) mass is 210 g/mol. The first-order valence-corrected chi connectivity index (χ1v) is 6.11. The normalized spacial score (nSPS) is 27.5. The van der Waals surface area contributed by atoms with Gasteiger partial charge in [-0.05, 0) is 37.6 Å². The van der Waals surface area contributed by atoms with Gasteiger partial charge in [-0.3, -0.25) is 4.79 Å². The molecule has 2 rings (SSSR count). The van der Waals surface area contributed by atoms with Gasteiger partial charge in [0.1, 0.15) is 0 Å². The Morgan fingerprint density at radius 1 is 1.33 bits per heavy atom. The molecule has 15 heavy (non-hydrogen) atoms. The lowest BCUT2D eigenvalue weighted by atomic mass is 10.1. The van der Waals surface area contributed by atoms with Crippen LogP contribution in [0.5, 0.6) is 0 Å². The molecule has 1 amide bonds. The van der Waals surface area contributed by atoms with Crippen molar-refractivity contribution in [2.45, 2.75) is 45.6 Å². The molecule has 0 aromatic carbocycles. The number of hydrogen-bond donors (Lipinski definition) is 2. The van der Waals surface area contributed by atoms with Crippen molar-refractivity contribution in [2.75, 3.05) is 13.1 Å². The summed E-state index contributed by atoms with van der Waals surface area (Å²) >= 11 is 0. The zero-order valence-corrected chi connectivity index (χ0v) is 9.81. The van der Waals surface area contributed by atoms with Gasteiger partial charge in [0, 0.05) is 18.5 Å². The van der Waals surface area contributed by atoms with Gasteiger partial charge < -0.3 is 10.6 Å². The van der Waals surface area contributed by atoms with E-state index >= 15 is 0 Å². The standard InChI is InChI=1S/C12H22N2O/c1-12(2)8-10(12)11(15)14-7-3-6-13-9-4-5-9/h9-10,13H,3-8H2,1-2H3,(H,14,15). The minimum absolute atomic E-state index is 0.256. The topological polar surface area (TPSA) is 41.1 Å². The van der Waals surface area contributed by atoms with Crippen molar-refractivity contribution < 1.29 is 4.79 Å². The summed E-state index contributed by atoms with van der Waals surface area (Å²) in [5.41, 5.74) is 0.260. The SMILES string of the molecule is CC1(C)CC1C(=O)NCCCNC1CC1. The van der Waals surface area contributed by atoms with Crippen LogP contribution in [0.25, 0.3) is 0 Å². The van der Waals surface area contributed by atoms with Gasteiger partial charge in [-0.2, -0.15) is 0 Å². The van der Waals surface area contributed by atoms with Crippen molar-refractivity contribution in [2.24, 2.45) is 11.3 Å². The molecule has 0 radical (unpaired) electrons. The van der Waals surface area contributed by atoms with Gasteiger partial charge in [0.2, 0.25) is 5.91 Å². The van der Waals surface area contributed by atoms with E-state index in [1.807, 2.05) is 0 Å². The lowest BCUT2D eigenvalue weighted by Crippen LogP contribution is -2.30. The predicted octanol–water partition coefficient (Wildman–Crippen LogP) is 1.29. The Balaban J connectivity index is 1.48. The van der Waals surface area contributed by atoms with Crippen LogP contribution in [0.15, 0.2) is 0 Å². The van der Waals surface area contributed by atoms with Crippen molar-refractivity contribution in [3.8, 4) is 0 Å². The molecular formula is C12H22N2O. The van der Waals surface area contributed by atoms with Crippen LogP contribution in [0.1, 0.15) is 39.5 Å². The maximum atomic E-state index is 11.6. The van der Waals surface area contributed by atoms with E-state index in [9.17, 15) is 4.79 Å². The molecule has 0 heterocycles. The van der Waals surface area contributed by atoms with E-state index in [1.165, 1.54) is 12.8 Å². The van der Waals surface area contributed by atoms with Gasteiger partial charge in [0.15, 0.2) is 0 Å². The molecule has 0 saturated heterocycles. The molecule has 2 aliphatic rings. The molecule has 2 N–H and O–H groups in total. The summed E-state index contributed by atoms with van der Waals surface area (Å²) in [6.07, 6.45) is 4.78. The van der Waals surface area contributed by atoms with Crippen LogP contribution in [0.4, 0.5) is 0 Å². The van der Waals surface area contributed by atoms with Gasteiger partial charge in [0.25, 0.3) is 0 Å². The van der Waals surface area contributed by atoms with E-state index in [-0.39, 0.29) is 17.2 Å². The molecule has 0 aromatic rings. The zero-order valence-electron chi connectivity index (χ0n) is 9.81. The van der Waals surface area contributed by atoms with Crippen LogP contribution in [-0.2, 0) is 4.79 Å². The third-order valence-corrected chi connectivity index (χ3v) is 3.49. The highest BCUT2D eigenvalue weighted by molar-refractivity contribution is 5.82. The quantitative estimate of drug-likeness (QED) is 0.649. The van der Waals surface area contributed by atoms with Crippen LogP contribution in [0.2, 0.25) is 0 Å². The second kappa shape index (κ2) is 4.12. The van der Waals surface area contributed by atoms with Gasteiger partial charge >= 0.3 is 0 Å². The lowest BCUT2D eigenvalue weighted by molar-refractivity contribution is -0.122.